The minimum atomic E-state index is -0.989. The molecule has 2 aromatic rings. The van der Waals surface area contributed by atoms with Gasteiger partial charge in [0.2, 0.25) is 0 Å². The van der Waals surface area contributed by atoms with Crippen molar-refractivity contribution in [2.75, 3.05) is 13.7 Å². The van der Waals surface area contributed by atoms with Crippen molar-refractivity contribution in [1.29, 1.82) is 0 Å². The molecule has 0 bridgehead atoms. The largest absolute Gasteiger partial charge is 0.507 e. The molecular formula is C19H21NO5. The van der Waals surface area contributed by atoms with E-state index in [1.54, 1.807) is 0 Å². The molecule has 3 N–H and O–H groups in total. The summed E-state index contributed by atoms with van der Waals surface area (Å²) in [6.45, 7) is 1.89. The second-order valence-electron chi connectivity index (χ2n) is 5.82. The van der Waals surface area contributed by atoms with Crippen LogP contribution >= 0.6 is 0 Å². The van der Waals surface area contributed by atoms with E-state index in [-0.39, 0.29) is 17.9 Å². The molecule has 1 unspecified atom stereocenters. The van der Waals surface area contributed by atoms with Crippen LogP contribution in [-0.2, 0) is 11.2 Å². The Morgan fingerprint density at radius 3 is 2.60 bits per heavy atom. The third kappa shape index (κ3) is 4.97. The van der Waals surface area contributed by atoms with Gasteiger partial charge in [0.25, 0.3) is 5.91 Å². The number of nitrogens with one attached hydrogen (secondary N) is 1. The number of phenols is 1. The topological polar surface area (TPSA) is 95.9 Å². The number of aliphatic carboxylic acids is 1. The molecule has 0 saturated carbocycles. The highest BCUT2D eigenvalue weighted by molar-refractivity contribution is 5.97. The average molecular weight is 343 g/mol. The summed E-state index contributed by atoms with van der Waals surface area (Å²) in [5.74, 6) is -2.07. The lowest BCUT2D eigenvalue weighted by Gasteiger charge is -2.14. The fraction of sp³-hybridized carbons (Fsp3) is 0.263. The Labute approximate surface area is 146 Å². The highest BCUT2D eigenvalue weighted by Gasteiger charge is 2.20. The van der Waals surface area contributed by atoms with Gasteiger partial charge in [-0.15, -0.1) is 0 Å². The van der Waals surface area contributed by atoms with Crippen molar-refractivity contribution in [1.82, 2.24) is 5.32 Å². The first kappa shape index (κ1) is 18.3. The van der Waals surface area contributed by atoms with Gasteiger partial charge in [-0.2, -0.15) is 0 Å². The first-order valence-electron chi connectivity index (χ1n) is 7.84. The van der Waals surface area contributed by atoms with E-state index in [0.717, 1.165) is 11.1 Å². The van der Waals surface area contributed by atoms with Crippen molar-refractivity contribution in [3.05, 3.63) is 59.2 Å². The average Bonchev–Trinajstić information content (AvgIpc) is 2.58. The number of carbonyl (C=O) groups excluding carboxylic acids is 1. The summed E-state index contributed by atoms with van der Waals surface area (Å²) in [6.07, 6.45) is 0.307. The second-order valence-corrected chi connectivity index (χ2v) is 5.82. The molecule has 2 rings (SSSR count). The number of benzene rings is 2. The van der Waals surface area contributed by atoms with Gasteiger partial charge in [0.05, 0.1) is 18.6 Å². The maximum atomic E-state index is 12.2. The number of carboxylic acids is 1. The van der Waals surface area contributed by atoms with Crippen LogP contribution in [0.3, 0.4) is 0 Å². The molecule has 0 radical (unpaired) electrons. The molecule has 6 nitrogen and oxygen atoms in total. The number of rotatable bonds is 7. The summed E-state index contributed by atoms with van der Waals surface area (Å²) < 4.78 is 5.03. The van der Waals surface area contributed by atoms with Crippen LogP contribution in [0.2, 0.25) is 0 Å². The first-order valence-corrected chi connectivity index (χ1v) is 7.84. The van der Waals surface area contributed by atoms with Gasteiger partial charge < -0.3 is 20.3 Å². The molecule has 6 heteroatoms. The Balaban J connectivity index is 2.06. The lowest BCUT2D eigenvalue weighted by atomic mass is 9.98. The molecule has 0 aliphatic heterocycles. The minimum Gasteiger partial charge on any atom is -0.507 e. The van der Waals surface area contributed by atoms with Gasteiger partial charge >= 0.3 is 5.97 Å². The summed E-state index contributed by atoms with van der Waals surface area (Å²) in [5.41, 5.74) is 1.98. The molecule has 132 valence electrons. The molecule has 0 spiro atoms. The lowest BCUT2D eigenvalue weighted by molar-refractivity contribution is -0.141. The van der Waals surface area contributed by atoms with E-state index >= 15 is 0 Å². The quantitative estimate of drug-likeness (QED) is 0.717. The van der Waals surface area contributed by atoms with Crippen LogP contribution in [0.5, 0.6) is 11.5 Å². The van der Waals surface area contributed by atoms with Crippen LogP contribution in [0.15, 0.2) is 42.5 Å². The monoisotopic (exact) mass is 343 g/mol. The van der Waals surface area contributed by atoms with Gasteiger partial charge in [-0.3, -0.25) is 9.59 Å². The van der Waals surface area contributed by atoms with Crippen LogP contribution in [-0.4, -0.2) is 35.7 Å². The Hall–Kier alpha value is -3.02. The highest BCUT2D eigenvalue weighted by atomic mass is 16.5. The van der Waals surface area contributed by atoms with E-state index in [1.807, 2.05) is 31.2 Å². The lowest BCUT2D eigenvalue weighted by Crippen LogP contribution is -2.34. The van der Waals surface area contributed by atoms with Crippen molar-refractivity contribution in [3.63, 3.8) is 0 Å². The Morgan fingerprint density at radius 2 is 1.96 bits per heavy atom. The van der Waals surface area contributed by atoms with Crippen LogP contribution in [0, 0.1) is 12.8 Å². The molecule has 0 heterocycles. The van der Waals surface area contributed by atoms with E-state index in [9.17, 15) is 19.8 Å². The molecule has 1 amide bonds. The van der Waals surface area contributed by atoms with Crippen LogP contribution in [0.25, 0.3) is 0 Å². The van der Waals surface area contributed by atoms with Crippen molar-refractivity contribution < 1.29 is 24.5 Å². The molecule has 0 aliphatic carbocycles. The predicted octanol–water partition coefficient (Wildman–Crippen LogP) is 2.38. The summed E-state index contributed by atoms with van der Waals surface area (Å²) >= 11 is 0. The molecular weight excluding hydrogens is 322 g/mol. The SMILES string of the molecule is COc1ccc(O)c(C(=O)NCC(Cc2cccc(C)c2)C(=O)O)c1. The standard InChI is InChI=1S/C19H21NO5/c1-12-4-3-5-13(8-12)9-14(19(23)24)11-20-18(22)16-10-15(25-2)6-7-17(16)21/h3-8,10,14,21H,9,11H2,1-2H3,(H,20,22)(H,23,24). The van der Waals surface area contributed by atoms with Gasteiger partial charge in [-0.05, 0) is 37.1 Å². The predicted molar refractivity (Wildman–Crippen MR) is 93.0 cm³/mol. The summed E-state index contributed by atoms with van der Waals surface area (Å²) in [6, 6.07) is 11.9. The van der Waals surface area contributed by atoms with Gasteiger partial charge in [-0.1, -0.05) is 29.8 Å². The number of methoxy groups -OCH3 is 1. The normalized spacial score (nSPS) is 11.6. The molecule has 2 aromatic carbocycles. The van der Waals surface area contributed by atoms with E-state index in [4.69, 9.17) is 4.74 Å². The molecule has 0 aromatic heterocycles. The summed E-state index contributed by atoms with van der Waals surface area (Å²) in [5, 5.41) is 21.8. The third-order valence-electron chi connectivity index (χ3n) is 3.87. The third-order valence-corrected chi connectivity index (χ3v) is 3.87. The molecule has 25 heavy (non-hydrogen) atoms. The molecule has 0 saturated heterocycles. The zero-order valence-electron chi connectivity index (χ0n) is 14.2. The van der Waals surface area contributed by atoms with Crippen molar-refractivity contribution >= 4 is 11.9 Å². The highest BCUT2D eigenvalue weighted by Crippen LogP contribution is 2.22. The van der Waals surface area contributed by atoms with Gasteiger partial charge in [0.15, 0.2) is 0 Å². The minimum absolute atomic E-state index is 0.0408. The van der Waals surface area contributed by atoms with Crippen LogP contribution < -0.4 is 10.1 Å². The number of carboxylic acid groups (broad SMARTS) is 1. The number of hydrogen-bond donors (Lipinski definition) is 3. The number of phenolic OH excluding ortho intramolecular Hbond substituents is 1. The van der Waals surface area contributed by atoms with E-state index in [1.165, 1.54) is 25.3 Å². The number of aryl methyl sites for hydroxylation is 1. The van der Waals surface area contributed by atoms with Gasteiger partial charge in [-0.25, -0.2) is 0 Å². The fourth-order valence-electron chi connectivity index (χ4n) is 2.51. The van der Waals surface area contributed by atoms with Crippen molar-refractivity contribution in [2.45, 2.75) is 13.3 Å². The Bertz CT molecular complexity index is 772. The number of amides is 1. The number of carbonyl (C=O) groups is 2. The molecule has 0 aliphatic rings. The number of aromatic hydroxyl groups is 1. The Kier molecular flexibility index (Phi) is 6.00. The number of ether oxygens (including phenoxy) is 1. The second kappa shape index (κ2) is 8.19. The zero-order valence-corrected chi connectivity index (χ0v) is 14.2. The molecule has 0 fully saturated rings. The maximum absolute atomic E-state index is 12.2. The maximum Gasteiger partial charge on any atom is 0.308 e. The zero-order chi connectivity index (χ0) is 18.4. The smallest absolute Gasteiger partial charge is 0.308 e. The van der Waals surface area contributed by atoms with E-state index in [2.05, 4.69) is 5.32 Å². The summed E-state index contributed by atoms with van der Waals surface area (Å²) in [4.78, 5) is 23.7. The van der Waals surface area contributed by atoms with Gasteiger partial charge in [0.1, 0.15) is 11.5 Å². The Morgan fingerprint density at radius 1 is 1.20 bits per heavy atom. The van der Waals surface area contributed by atoms with E-state index < -0.39 is 17.8 Å². The molecule has 1 atom stereocenters. The van der Waals surface area contributed by atoms with Crippen LogP contribution in [0.1, 0.15) is 21.5 Å². The van der Waals surface area contributed by atoms with Crippen molar-refractivity contribution in [2.24, 2.45) is 5.92 Å². The summed E-state index contributed by atoms with van der Waals surface area (Å²) in [7, 11) is 1.45. The van der Waals surface area contributed by atoms with Crippen LogP contribution in [0.4, 0.5) is 0 Å². The first-order chi connectivity index (χ1) is 11.9. The van der Waals surface area contributed by atoms with Gasteiger partial charge in [0, 0.05) is 6.54 Å². The number of hydrogen-bond acceptors (Lipinski definition) is 4. The fourth-order valence-corrected chi connectivity index (χ4v) is 2.51. The van der Waals surface area contributed by atoms with Crippen molar-refractivity contribution in [3.8, 4) is 11.5 Å². The van der Waals surface area contributed by atoms with E-state index in [0.29, 0.717) is 12.2 Å².